The lowest BCUT2D eigenvalue weighted by Crippen LogP contribution is -2.45. The maximum Gasteiger partial charge on any atom is 0.305 e. The third-order valence-electron chi connectivity index (χ3n) is 15.5. The first-order valence-electron chi connectivity index (χ1n) is 33.1. The molecule has 0 rings (SSSR count). The minimum Gasteiger partial charge on any atom is -0.466 e. The summed E-state index contributed by atoms with van der Waals surface area (Å²) >= 11 is 0. The second-order valence-corrected chi connectivity index (χ2v) is 22.8. The highest BCUT2D eigenvalue weighted by molar-refractivity contribution is 5.76. The SMILES string of the molecule is CCCCCCCCCCCCCCCCCCCC(O)C(CO)NC(=O)CCCCCCCCCCCCC/C=C\C/C=C\CCCCCCCCCCCOC(=O)CCCCCCCCCCCCCC. The van der Waals surface area contributed by atoms with Gasteiger partial charge in [0.15, 0.2) is 0 Å². The van der Waals surface area contributed by atoms with Crippen LogP contribution in [0.4, 0.5) is 0 Å². The molecule has 6 heteroatoms. The van der Waals surface area contributed by atoms with Crippen LogP contribution in [0.25, 0.3) is 0 Å². The molecule has 0 aliphatic carbocycles. The van der Waals surface area contributed by atoms with Crippen molar-refractivity contribution >= 4 is 11.9 Å². The van der Waals surface area contributed by atoms with E-state index in [1.807, 2.05) is 0 Å². The van der Waals surface area contributed by atoms with E-state index >= 15 is 0 Å². The Hall–Kier alpha value is -1.66. The van der Waals surface area contributed by atoms with Crippen molar-refractivity contribution in [3.8, 4) is 0 Å². The molecule has 73 heavy (non-hydrogen) atoms. The summed E-state index contributed by atoms with van der Waals surface area (Å²) in [6.07, 6.45) is 77.7. The number of nitrogens with one attached hydrogen (secondary N) is 1. The van der Waals surface area contributed by atoms with Gasteiger partial charge in [-0.15, -0.1) is 0 Å². The summed E-state index contributed by atoms with van der Waals surface area (Å²) in [6.45, 7) is 4.98. The molecule has 3 N–H and O–H groups in total. The molecular formula is C67H129NO5. The number of carbonyl (C=O) groups is 2. The molecule has 0 saturated carbocycles. The molecule has 0 heterocycles. The van der Waals surface area contributed by atoms with Crippen molar-refractivity contribution in [1.82, 2.24) is 5.32 Å². The largest absolute Gasteiger partial charge is 0.466 e. The van der Waals surface area contributed by atoms with E-state index in [1.54, 1.807) is 0 Å². The van der Waals surface area contributed by atoms with E-state index in [-0.39, 0.29) is 18.5 Å². The number of ether oxygens (including phenoxy) is 1. The van der Waals surface area contributed by atoms with Crippen LogP contribution < -0.4 is 5.32 Å². The maximum absolute atomic E-state index is 12.5. The lowest BCUT2D eigenvalue weighted by Gasteiger charge is -2.22. The van der Waals surface area contributed by atoms with Crippen LogP contribution in [-0.4, -0.2) is 47.4 Å². The van der Waals surface area contributed by atoms with Crippen LogP contribution in [-0.2, 0) is 14.3 Å². The molecule has 0 aromatic carbocycles. The summed E-state index contributed by atoms with van der Waals surface area (Å²) in [7, 11) is 0. The zero-order chi connectivity index (χ0) is 52.9. The summed E-state index contributed by atoms with van der Waals surface area (Å²) in [5.74, 6) is -0.0233. The van der Waals surface area contributed by atoms with Gasteiger partial charge in [-0.3, -0.25) is 9.59 Å². The van der Waals surface area contributed by atoms with Crippen molar-refractivity contribution in [1.29, 1.82) is 0 Å². The maximum atomic E-state index is 12.5. The Kier molecular flexibility index (Phi) is 61.4. The lowest BCUT2D eigenvalue weighted by molar-refractivity contribution is -0.143. The Balaban J connectivity index is 3.42. The third kappa shape index (κ3) is 59.4. The van der Waals surface area contributed by atoms with Gasteiger partial charge in [0.05, 0.1) is 25.4 Å². The van der Waals surface area contributed by atoms with Crippen molar-refractivity contribution in [3.05, 3.63) is 24.3 Å². The average Bonchev–Trinajstić information content (AvgIpc) is 3.39. The highest BCUT2D eigenvalue weighted by Crippen LogP contribution is 2.18. The number of rotatable bonds is 62. The molecule has 0 saturated heterocycles. The van der Waals surface area contributed by atoms with Crippen LogP contribution in [0, 0.1) is 0 Å². The highest BCUT2D eigenvalue weighted by Gasteiger charge is 2.20. The molecule has 2 atom stereocenters. The van der Waals surface area contributed by atoms with E-state index < -0.39 is 12.1 Å². The van der Waals surface area contributed by atoms with Gasteiger partial charge in [0.25, 0.3) is 0 Å². The number of unbranched alkanes of at least 4 members (excludes halogenated alkanes) is 47. The number of amides is 1. The van der Waals surface area contributed by atoms with E-state index in [4.69, 9.17) is 4.74 Å². The first-order chi connectivity index (χ1) is 36.0. The lowest BCUT2D eigenvalue weighted by atomic mass is 10.0. The zero-order valence-electron chi connectivity index (χ0n) is 49.4. The van der Waals surface area contributed by atoms with Gasteiger partial charge in [0.1, 0.15) is 0 Å². The van der Waals surface area contributed by atoms with Crippen LogP contribution in [0.1, 0.15) is 367 Å². The molecule has 0 fully saturated rings. The van der Waals surface area contributed by atoms with E-state index in [1.165, 1.54) is 289 Å². The van der Waals surface area contributed by atoms with Crippen LogP contribution in [0.5, 0.6) is 0 Å². The molecule has 432 valence electrons. The van der Waals surface area contributed by atoms with Crippen LogP contribution in [0.15, 0.2) is 24.3 Å². The quantitative estimate of drug-likeness (QED) is 0.0320. The van der Waals surface area contributed by atoms with E-state index in [9.17, 15) is 19.8 Å². The van der Waals surface area contributed by atoms with Gasteiger partial charge in [0, 0.05) is 12.8 Å². The van der Waals surface area contributed by atoms with Gasteiger partial charge < -0.3 is 20.3 Å². The van der Waals surface area contributed by atoms with E-state index in [0.29, 0.717) is 25.9 Å². The minimum absolute atomic E-state index is 0.0118. The fourth-order valence-electron chi connectivity index (χ4n) is 10.4. The number of aliphatic hydroxyl groups excluding tert-OH is 2. The van der Waals surface area contributed by atoms with E-state index in [0.717, 1.165) is 44.9 Å². The van der Waals surface area contributed by atoms with Gasteiger partial charge in [-0.05, 0) is 57.8 Å². The molecule has 0 radical (unpaired) electrons. The Morgan fingerprint density at radius 2 is 0.685 bits per heavy atom. The Morgan fingerprint density at radius 3 is 1.04 bits per heavy atom. The van der Waals surface area contributed by atoms with Crippen LogP contribution in [0.2, 0.25) is 0 Å². The van der Waals surface area contributed by atoms with Crippen LogP contribution in [0.3, 0.4) is 0 Å². The van der Waals surface area contributed by atoms with Gasteiger partial charge >= 0.3 is 5.97 Å². The topological polar surface area (TPSA) is 95.9 Å². The summed E-state index contributed by atoms with van der Waals surface area (Å²) in [4.78, 5) is 24.5. The average molecular weight is 1030 g/mol. The molecule has 0 aromatic heterocycles. The highest BCUT2D eigenvalue weighted by atomic mass is 16.5. The summed E-state index contributed by atoms with van der Waals surface area (Å²) in [5, 5.41) is 23.3. The standard InChI is InChI=1S/C67H129NO5/c1-3-5-7-9-11-13-15-17-18-30-33-36-39-43-47-51-55-59-65(70)64(63-69)68-66(71)60-56-52-48-44-40-37-34-31-28-26-24-22-20-19-21-23-25-27-29-32-35-38-42-46-50-54-58-62-73-67(72)61-57-53-49-45-41-16-14-12-10-8-6-4-2/h19-20,23,25,64-65,69-70H,3-18,21-22,24,26-63H2,1-2H3,(H,68,71)/b20-19-,25-23-. The number of aliphatic hydroxyl groups is 2. The fraction of sp³-hybridized carbons (Fsp3) is 0.910. The van der Waals surface area contributed by atoms with Crippen molar-refractivity contribution in [3.63, 3.8) is 0 Å². The predicted molar refractivity (Wildman–Crippen MR) is 320 cm³/mol. The summed E-state index contributed by atoms with van der Waals surface area (Å²) < 4.78 is 5.47. The molecule has 1 amide bonds. The molecular weight excluding hydrogens is 899 g/mol. The summed E-state index contributed by atoms with van der Waals surface area (Å²) in [5.41, 5.74) is 0. The molecule has 2 unspecified atom stereocenters. The van der Waals surface area contributed by atoms with Gasteiger partial charge in [-0.1, -0.05) is 321 Å². The molecule has 6 nitrogen and oxygen atoms in total. The number of hydrogen-bond acceptors (Lipinski definition) is 5. The Morgan fingerprint density at radius 1 is 0.384 bits per heavy atom. The van der Waals surface area contributed by atoms with E-state index in [2.05, 4.69) is 43.5 Å². The van der Waals surface area contributed by atoms with Gasteiger partial charge in [-0.2, -0.15) is 0 Å². The second-order valence-electron chi connectivity index (χ2n) is 22.8. The predicted octanol–water partition coefficient (Wildman–Crippen LogP) is 21.0. The number of carbonyl (C=O) groups excluding carboxylic acids is 2. The van der Waals surface area contributed by atoms with Gasteiger partial charge in [0.2, 0.25) is 5.91 Å². The number of allylic oxidation sites excluding steroid dienone is 4. The third-order valence-corrected chi connectivity index (χ3v) is 15.5. The van der Waals surface area contributed by atoms with Crippen molar-refractivity contribution in [2.45, 2.75) is 379 Å². The molecule has 0 aliphatic heterocycles. The fourth-order valence-corrected chi connectivity index (χ4v) is 10.4. The Labute approximate surface area is 456 Å². The smallest absolute Gasteiger partial charge is 0.305 e. The first-order valence-corrected chi connectivity index (χ1v) is 33.1. The molecule has 0 aliphatic rings. The first kappa shape index (κ1) is 71.3. The molecule has 0 bridgehead atoms. The summed E-state index contributed by atoms with van der Waals surface area (Å²) in [6, 6.07) is -0.544. The monoisotopic (exact) mass is 1030 g/mol. The minimum atomic E-state index is -0.666. The molecule has 0 aromatic rings. The normalized spacial score (nSPS) is 12.7. The van der Waals surface area contributed by atoms with Gasteiger partial charge in [-0.25, -0.2) is 0 Å². The zero-order valence-corrected chi connectivity index (χ0v) is 49.4. The van der Waals surface area contributed by atoms with Crippen molar-refractivity contribution in [2.75, 3.05) is 13.2 Å². The molecule has 0 spiro atoms. The second kappa shape index (κ2) is 62.9. The van der Waals surface area contributed by atoms with Crippen molar-refractivity contribution in [2.24, 2.45) is 0 Å². The van der Waals surface area contributed by atoms with Crippen LogP contribution >= 0.6 is 0 Å². The Bertz CT molecular complexity index is 1140. The van der Waals surface area contributed by atoms with Crippen molar-refractivity contribution < 1.29 is 24.5 Å². The number of hydrogen-bond donors (Lipinski definition) is 3. The number of esters is 1.